The van der Waals surface area contributed by atoms with Crippen LogP contribution in [0.3, 0.4) is 0 Å². The van der Waals surface area contributed by atoms with Crippen molar-refractivity contribution in [3.63, 3.8) is 0 Å². The van der Waals surface area contributed by atoms with E-state index >= 15 is 0 Å². The molecule has 0 spiro atoms. The molecule has 0 rings (SSSR count). The minimum absolute atomic E-state index is 0.133. The van der Waals surface area contributed by atoms with Gasteiger partial charge < -0.3 is 19.8 Å². The summed E-state index contributed by atoms with van der Waals surface area (Å²) in [6, 6.07) is 0. The van der Waals surface area contributed by atoms with Crippen LogP contribution in [0.25, 0.3) is 0 Å². The fourth-order valence-corrected chi connectivity index (χ4v) is 4.93. The summed E-state index contributed by atoms with van der Waals surface area (Å²) < 4.78 is 63.5. The van der Waals surface area contributed by atoms with Gasteiger partial charge >= 0.3 is 23.5 Å². The van der Waals surface area contributed by atoms with Crippen molar-refractivity contribution in [1.29, 1.82) is 0 Å². The first-order chi connectivity index (χ1) is 14.5. The van der Waals surface area contributed by atoms with Crippen LogP contribution in [0.2, 0.25) is 5.82 Å². The van der Waals surface area contributed by atoms with E-state index in [2.05, 4.69) is 30.7 Å². The van der Waals surface area contributed by atoms with Gasteiger partial charge in [-0.15, -0.1) is 0 Å². The first-order valence-corrected chi connectivity index (χ1v) is 14.8. The molecule has 0 aromatic rings. The van der Waals surface area contributed by atoms with Crippen molar-refractivity contribution >= 4 is 43.9 Å². The molecular formula is C14H34BO13P3S. The maximum Gasteiger partial charge on any atom is 0.472 e. The van der Waals surface area contributed by atoms with Crippen LogP contribution in [0.4, 0.5) is 0 Å². The predicted molar refractivity (Wildman–Crippen MR) is 121 cm³/mol. The lowest BCUT2D eigenvalue weighted by molar-refractivity contribution is 0.0278. The second-order valence-electron chi connectivity index (χ2n) is 7.66. The van der Waals surface area contributed by atoms with Crippen molar-refractivity contribution in [2.45, 2.75) is 38.6 Å². The summed E-state index contributed by atoms with van der Waals surface area (Å²) in [6.45, 7) is 2.41. The third-order valence-electron chi connectivity index (χ3n) is 3.53. The topological polar surface area (TPSA) is 188 Å². The lowest BCUT2D eigenvalue weighted by Gasteiger charge is -2.29. The minimum Gasteiger partial charge on any atom is -0.397 e. The molecule has 5 atom stereocenters. The van der Waals surface area contributed by atoms with Crippen molar-refractivity contribution in [3.05, 3.63) is 0 Å². The van der Waals surface area contributed by atoms with Gasteiger partial charge in [-0.05, 0) is 37.8 Å². The maximum absolute atomic E-state index is 12.0. The van der Waals surface area contributed by atoms with Crippen LogP contribution in [0.1, 0.15) is 27.2 Å². The molecule has 4 N–H and O–H groups in total. The van der Waals surface area contributed by atoms with Gasteiger partial charge in [-0.3, -0.25) is 27.1 Å². The summed E-state index contributed by atoms with van der Waals surface area (Å²) in [6.07, 6.45) is 0.453. The summed E-state index contributed by atoms with van der Waals surface area (Å²) in [5.74, 6) is 0.319. The SMILES string of the molecule is BC(CO)COP(=O)(O)OCCOP(=O)(O)OCCOP(=O)(O)OC(C)(C)CC(C)CS. The third-order valence-corrected chi connectivity index (χ3v) is 7.39. The molecule has 0 fully saturated rings. The van der Waals surface area contributed by atoms with Gasteiger partial charge in [-0.25, -0.2) is 13.7 Å². The molecule has 192 valence electrons. The summed E-state index contributed by atoms with van der Waals surface area (Å²) in [4.78, 5) is 28.7. The number of hydrogen-bond acceptors (Lipinski definition) is 11. The lowest BCUT2D eigenvalue weighted by Crippen LogP contribution is -2.27. The fraction of sp³-hybridized carbons (Fsp3) is 1.00. The molecule has 0 bridgehead atoms. The van der Waals surface area contributed by atoms with Crippen LogP contribution in [-0.4, -0.2) is 78.6 Å². The number of hydrogen-bond donors (Lipinski definition) is 5. The Kier molecular flexibility index (Phi) is 15.3. The third kappa shape index (κ3) is 17.2. The Hall–Kier alpha value is 0.705. The van der Waals surface area contributed by atoms with Crippen LogP contribution in [0.5, 0.6) is 0 Å². The summed E-state index contributed by atoms with van der Waals surface area (Å²) >= 11 is 4.15. The number of phosphoric ester groups is 3. The quantitative estimate of drug-likeness (QED) is 0.0680. The highest BCUT2D eigenvalue weighted by Crippen LogP contribution is 2.49. The van der Waals surface area contributed by atoms with Crippen LogP contribution in [-0.2, 0) is 40.8 Å². The van der Waals surface area contributed by atoms with Crippen molar-refractivity contribution < 1.29 is 60.6 Å². The number of phosphoric acid groups is 3. The molecule has 5 unspecified atom stereocenters. The molecule has 32 heavy (non-hydrogen) atoms. The lowest BCUT2D eigenvalue weighted by atomic mass is 9.90. The van der Waals surface area contributed by atoms with Gasteiger partial charge in [0.15, 0.2) is 0 Å². The number of rotatable bonds is 19. The van der Waals surface area contributed by atoms with Gasteiger partial charge in [0.2, 0.25) is 0 Å². The number of thiol groups is 1. The molecule has 0 saturated heterocycles. The highest BCUT2D eigenvalue weighted by atomic mass is 32.1. The highest BCUT2D eigenvalue weighted by molar-refractivity contribution is 7.80. The summed E-state index contributed by atoms with van der Waals surface area (Å²) in [7, 11) is -11.9. The van der Waals surface area contributed by atoms with Crippen LogP contribution in [0.15, 0.2) is 0 Å². The van der Waals surface area contributed by atoms with Gasteiger partial charge in [0.25, 0.3) is 0 Å². The smallest absolute Gasteiger partial charge is 0.397 e. The zero-order valence-electron chi connectivity index (χ0n) is 18.6. The Labute approximate surface area is 194 Å². The van der Waals surface area contributed by atoms with E-state index in [1.54, 1.807) is 21.7 Å². The van der Waals surface area contributed by atoms with Crippen molar-refractivity contribution in [3.8, 4) is 0 Å². The number of aliphatic hydroxyl groups is 1. The predicted octanol–water partition coefficient (Wildman–Crippen LogP) is 1.54. The van der Waals surface area contributed by atoms with Gasteiger partial charge in [-0.1, -0.05) is 6.92 Å². The minimum atomic E-state index is -4.58. The second kappa shape index (κ2) is 15.0. The van der Waals surface area contributed by atoms with Crippen LogP contribution in [0, 0.1) is 5.92 Å². The van der Waals surface area contributed by atoms with Crippen LogP contribution < -0.4 is 0 Å². The summed E-state index contributed by atoms with van der Waals surface area (Å²) in [5, 5.41) is 8.83. The molecule has 0 radical (unpaired) electrons. The monoisotopic (exact) mass is 546 g/mol. The molecule has 0 amide bonds. The molecule has 0 aromatic heterocycles. The average molecular weight is 546 g/mol. The molecule has 18 heteroatoms. The van der Waals surface area contributed by atoms with E-state index in [-0.39, 0.29) is 24.9 Å². The second-order valence-corrected chi connectivity index (χ2v) is 12.3. The van der Waals surface area contributed by atoms with E-state index < -0.39 is 55.5 Å². The zero-order chi connectivity index (χ0) is 25.1. The molecule has 0 heterocycles. The Bertz CT molecular complexity index is 682. The van der Waals surface area contributed by atoms with E-state index in [4.69, 9.17) is 14.2 Å². The van der Waals surface area contributed by atoms with E-state index in [9.17, 15) is 28.4 Å². The Balaban J connectivity index is 4.23. The van der Waals surface area contributed by atoms with Gasteiger partial charge in [0, 0.05) is 6.61 Å². The Morgan fingerprint density at radius 3 is 1.69 bits per heavy atom. The van der Waals surface area contributed by atoms with Crippen molar-refractivity contribution in [2.75, 3.05) is 45.4 Å². The van der Waals surface area contributed by atoms with E-state index in [1.165, 1.54) is 0 Å². The molecule has 13 nitrogen and oxygen atoms in total. The van der Waals surface area contributed by atoms with E-state index in [0.29, 0.717) is 12.2 Å². The van der Waals surface area contributed by atoms with Crippen molar-refractivity contribution in [2.24, 2.45) is 5.92 Å². The van der Waals surface area contributed by atoms with E-state index in [1.807, 2.05) is 6.92 Å². The first kappa shape index (κ1) is 32.7. The van der Waals surface area contributed by atoms with Gasteiger partial charge in [-0.2, -0.15) is 12.6 Å². The number of aliphatic hydroxyl groups excluding tert-OH is 1. The first-order valence-electron chi connectivity index (χ1n) is 9.66. The zero-order valence-corrected chi connectivity index (χ0v) is 22.1. The Morgan fingerprint density at radius 2 is 1.28 bits per heavy atom. The summed E-state index contributed by atoms with van der Waals surface area (Å²) in [5.41, 5.74) is -0.964. The molecular weight excluding hydrogens is 512 g/mol. The van der Waals surface area contributed by atoms with Crippen molar-refractivity contribution in [1.82, 2.24) is 0 Å². The Morgan fingerprint density at radius 1 is 0.875 bits per heavy atom. The largest absolute Gasteiger partial charge is 0.472 e. The fourth-order valence-electron chi connectivity index (χ4n) is 2.24. The molecule has 0 aliphatic carbocycles. The van der Waals surface area contributed by atoms with Gasteiger partial charge in [0.05, 0.1) is 38.6 Å². The van der Waals surface area contributed by atoms with E-state index in [0.717, 1.165) is 0 Å². The molecule has 0 saturated carbocycles. The average Bonchev–Trinajstić information content (AvgIpc) is 2.65. The van der Waals surface area contributed by atoms with Crippen LogP contribution >= 0.6 is 36.1 Å². The van der Waals surface area contributed by atoms with Gasteiger partial charge in [0.1, 0.15) is 7.85 Å². The standard InChI is InChI=1S/C14H34BO13P3S/c1-12(11-32)8-14(2,3)28-31(21,22)26-7-6-24-29(17,18)23-4-5-25-30(19,20)27-10-13(15)9-16/h12-13,16,32H,4-11,15H2,1-3H3,(H,17,18)(H,19,20)(H,21,22). The highest BCUT2D eigenvalue weighted by Gasteiger charge is 2.33. The molecule has 0 aromatic carbocycles. The molecule has 0 aliphatic rings. The maximum atomic E-state index is 12.0. The normalized spacial score (nSPS) is 20.1. The molecule has 0 aliphatic heterocycles.